The molecule has 0 rings (SSSR count). The van der Waals surface area contributed by atoms with Crippen molar-refractivity contribution < 1.29 is 29.8 Å². The molecule has 0 aliphatic carbocycles. The minimum atomic E-state index is -1.50. The summed E-state index contributed by atoms with van der Waals surface area (Å²) < 4.78 is 0. The second-order valence-corrected chi connectivity index (χ2v) is 0.238. The Labute approximate surface area is 57.5 Å². The molecule has 6 heavy (non-hydrogen) atoms. The van der Waals surface area contributed by atoms with Gasteiger partial charge in [0.25, 0.3) is 5.09 Å². The van der Waals surface area contributed by atoms with Crippen molar-refractivity contribution in [3.8, 4) is 0 Å². The van der Waals surface area contributed by atoms with Crippen molar-refractivity contribution >= 4 is 17.4 Å². The van der Waals surface area contributed by atoms with Crippen LogP contribution < -0.4 is 0 Å². The van der Waals surface area contributed by atoms with E-state index in [0.717, 1.165) is 0 Å². The number of rotatable bonds is 0. The Hall–Kier alpha value is 0.356. The Balaban J connectivity index is -0.0000000450. The molecule has 0 bridgehead atoms. The molecule has 1 N–H and O–H groups in total. The van der Waals surface area contributed by atoms with Gasteiger partial charge in [0.2, 0.25) is 0 Å². The van der Waals surface area contributed by atoms with Gasteiger partial charge in [-0.25, -0.2) is 0 Å². The zero-order valence-corrected chi connectivity index (χ0v) is 5.39. The van der Waals surface area contributed by atoms with Crippen molar-refractivity contribution in [1.82, 2.24) is 0 Å². The fraction of sp³-hybridized carbons (Fsp3) is 0. The molecule has 0 amide bonds. The van der Waals surface area contributed by atoms with Crippen LogP contribution >= 0.6 is 0 Å². The number of hydrogen-bond donors (Lipinski definition) is 1. The van der Waals surface area contributed by atoms with Crippen LogP contribution in [-0.2, 0) is 19.5 Å². The van der Waals surface area contributed by atoms with Crippen molar-refractivity contribution in [1.29, 1.82) is 0 Å². The van der Waals surface area contributed by atoms with Gasteiger partial charge in [-0.2, -0.15) is 0 Å². The van der Waals surface area contributed by atoms with Crippen LogP contribution in [0, 0.1) is 10.1 Å². The molecule has 0 aliphatic rings. The molecule has 4 nitrogen and oxygen atoms in total. The molecule has 32 valence electrons. The molecule has 0 saturated carbocycles. The monoisotopic (exact) mass is 157 g/mol. The van der Waals surface area contributed by atoms with Gasteiger partial charge < -0.3 is 5.21 Å². The van der Waals surface area contributed by atoms with Crippen LogP contribution in [0.1, 0.15) is 0 Å². The Morgan fingerprint density at radius 1 is 1.67 bits per heavy atom. The normalized spacial score (nSPS) is 4.00. The first-order valence-electron chi connectivity index (χ1n) is 0.565. The minimum Gasteiger partial charge on any atom is -0.328 e. The van der Waals surface area contributed by atoms with Crippen LogP contribution in [0.4, 0.5) is 0 Å². The smallest absolute Gasteiger partial charge is 0.291 e. The first kappa shape index (κ1) is 16.2. The van der Waals surface area contributed by atoms with E-state index in [-0.39, 0.29) is 36.8 Å². The summed E-state index contributed by atoms with van der Waals surface area (Å²) in [6.45, 7) is 0. The molecule has 0 radical (unpaired) electrons. The van der Waals surface area contributed by atoms with Gasteiger partial charge in [-0.15, -0.1) is 10.1 Å². The molecule has 0 aromatic heterocycles. The van der Waals surface area contributed by atoms with Gasteiger partial charge in [0.1, 0.15) is 0 Å². The van der Waals surface area contributed by atoms with Gasteiger partial charge in [-0.05, 0) is 0 Å². The van der Waals surface area contributed by atoms with E-state index in [1.54, 1.807) is 0 Å². The molecule has 0 atom stereocenters. The summed E-state index contributed by atoms with van der Waals surface area (Å²) >= 11 is 0. The third-order valence-corrected chi connectivity index (χ3v) is 0. The third-order valence-electron chi connectivity index (χ3n) is 0. The van der Waals surface area contributed by atoms with E-state index >= 15 is 0 Å². The Kier molecular flexibility index (Phi) is 24.3. The van der Waals surface area contributed by atoms with Crippen LogP contribution in [0.2, 0.25) is 0 Å². The van der Waals surface area contributed by atoms with E-state index in [9.17, 15) is 0 Å². The molecule has 0 saturated heterocycles. The summed E-state index contributed by atoms with van der Waals surface area (Å²) in [5, 5.41) is 13.6. The van der Waals surface area contributed by atoms with Gasteiger partial charge in [-0.3, -0.25) is 0 Å². The maximum Gasteiger partial charge on any atom is 0.291 e. The summed E-state index contributed by atoms with van der Waals surface area (Å²) in [5.74, 6) is 0. The van der Waals surface area contributed by atoms with Crippen molar-refractivity contribution in [2.75, 3.05) is 0 Å². The second-order valence-electron chi connectivity index (χ2n) is 0.238. The minimum absolute atomic E-state index is 0. The fourth-order valence-corrected chi connectivity index (χ4v) is 0. The largest absolute Gasteiger partial charge is 0.328 e. The fourth-order valence-electron chi connectivity index (χ4n) is 0. The Bertz CT molecular complexity index is 33.8. The molecular weight excluding hydrogens is 154 g/mol. The van der Waals surface area contributed by atoms with Crippen LogP contribution in [0.15, 0.2) is 0 Å². The van der Waals surface area contributed by atoms with Crippen LogP contribution in [0.25, 0.3) is 0 Å². The van der Waals surface area contributed by atoms with Gasteiger partial charge >= 0.3 is 0 Å². The first-order chi connectivity index (χ1) is 1.73. The van der Waals surface area contributed by atoms with Gasteiger partial charge in [0.15, 0.2) is 17.4 Å². The van der Waals surface area contributed by atoms with Gasteiger partial charge in [0.05, 0.1) is 0 Å². The average Bonchev–Trinajstić information content (AvgIpc) is 0.811. The van der Waals surface area contributed by atoms with E-state index in [1.807, 2.05) is 0 Å². The standard InChI is InChI=1S/Al.HNO3.Zn.3H/c;2-1(3)4;;;;/h;(H,2,3,4);;;;. The van der Waals surface area contributed by atoms with Gasteiger partial charge in [-0.1, -0.05) is 0 Å². The molecule has 0 aromatic carbocycles. The topological polar surface area (TPSA) is 63.4 Å². The zero-order chi connectivity index (χ0) is 3.58. The second kappa shape index (κ2) is 9.02. The van der Waals surface area contributed by atoms with E-state index in [4.69, 9.17) is 15.3 Å². The van der Waals surface area contributed by atoms with Crippen LogP contribution in [0.3, 0.4) is 0 Å². The summed E-state index contributed by atoms with van der Waals surface area (Å²) in [6, 6.07) is 0. The van der Waals surface area contributed by atoms with Crippen molar-refractivity contribution in [3.05, 3.63) is 10.1 Å². The Morgan fingerprint density at radius 3 is 1.67 bits per heavy atom. The van der Waals surface area contributed by atoms with Crippen molar-refractivity contribution in [3.63, 3.8) is 0 Å². The molecule has 0 fully saturated rings. The summed E-state index contributed by atoms with van der Waals surface area (Å²) in [6.07, 6.45) is 0. The van der Waals surface area contributed by atoms with Crippen molar-refractivity contribution in [2.24, 2.45) is 0 Å². The molecule has 6 heteroatoms. The van der Waals surface area contributed by atoms with E-state index in [0.29, 0.717) is 0 Å². The third kappa shape index (κ3) is 387. The van der Waals surface area contributed by atoms with Crippen LogP contribution in [-0.4, -0.2) is 27.7 Å². The maximum atomic E-state index is 8.36. The predicted molar refractivity (Wildman–Crippen MR) is 18.7 cm³/mol. The first-order valence-corrected chi connectivity index (χ1v) is 0.565. The van der Waals surface area contributed by atoms with Crippen molar-refractivity contribution in [2.45, 2.75) is 0 Å². The number of nitrogens with zero attached hydrogens (tertiary/aromatic N) is 1. The molecular formula is H4AlNO3Zn. The average molecular weight is 158 g/mol. The SMILES string of the molecule is O=[N+]([O-])O.[AlH3].[Zn]. The zero-order valence-electron chi connectivity index (χ0n) is 2.42. The van der Waals surface area contributed by atoms with E-state index in [2.05, 4.69) is 0 Å². The molecule has 0 aliphatic heterocycles. The molecule has 0 aromatic rings. The predicted octanol–water partition coefficient (Wildman–Crippen LogP) is -1.53. The van der Waals surface area contributed by atoms with Gasteiger partial charge in [0, 0.05) is 19.5 Å². The summed E-state index contributed by atoms with van der Waals surface area (Å²) in [4.78, 5) is 8.36. The van der Waals surface area contributed by atoms with E-state index < -0.39 is 5.09 Å². The maximum absolute atomic E-state index is 8.36. The molecule has 0 heterocycles. The molecule has 0 spiro atoms. The van der Waals surface area contributed by atoms with Crippen LogP contribution in [0.5, 0.6) is 0 Å². The number of hydrogen-bond acceptors (Lipinski definition) is 2. The van der Waals surface area contributed by atoms with E-state index in [1.165, 1.54) is 0 Å². The summed E-state index contributed by atoms with van der Waals surface area (Å²) in [7, 11) is 0. The summed E-state index contributed by atoms with van der Waals surface area (Å²) in [5.41, 5.74) is 0. The Morgan fingerprint density at radius 2 is 1.67 bits per heavy atom. The quantitative estimate of drug-likeness (QED) is 0.264. The molecule has 0 unspecified atom stereocenters.